The number of halogens is 1. The molecule has 0 saturated heterocycles. The fourth-order valence-electron chi connectivity index (χ4n) is 3.79. The second kappa shape index (κ2) is 9.63. The largest absolute Gasteiger partial charge is 0.378 e. The van der Waals surface area contributed by atoms with Gasteiger partial charge in [0.2, 0.25) is 0 Å². The number of ether oxygens (including phenoxy) is 1. The van der Waals surface area contributed by atoms with Gasteiger partial charge in [-0.3, -0.25) is 9.78 Å². The number of amides is 1. The molecule has 4 aromatic rings. The van der Waals surface area contributed by atoms with Gasteiger partial charge in [-0.15, -0.1) is 0 Å². The van der Waals surface area contributed by atoms with Crippen molar-refractivity contribution in [3.05, 3.63) is 87.4 Å². The van der Waals surface area contributed by atoms with E-state index in [2.05, 4.69) is 33.2 Å². The third-order valence-corrected chi connectivity index (χ3v) is 5.82. The summed E-state index contributed by atoms with van der Waals surface area (Å²) < 4.78 is 8.17. The highest BCUT2D eigenvalue weighted by Crippen LogP contribution is 2.33. The summed E-state index contributed by atoms with van der Waals surface area (Å²) in [6, 6.07) is 14.1. The summed E-state index contributed by atoms with van der Waals surface area (Å²) in [5.74, 6) is -0.193. The Labute approximate surface area is 195 Å². The zero-order chi connectivity index (χ0) is 22.7. The highest BCUT2D eigenvalue weighted by atomic mass is 79.9. The number of aryl methyl sites for hydroxylation is 2. The third-order valence-electron chi connectivity index (χ3n) is 5.39. The van der Waals surface area contributed by atoms with Gasteiger partial charge in [0.15, 0.2) is 0 Å². The molecular weight excluding hydrogens is 468 g/mol. The van der Waals surface area contributed by atoms with Crippen LogP contribution in [0, 0.1) is 6.92 Å². The Morgan fingerprint density at radius 1 is 1.16 bits per heavy atom. The van der Waals surface area contributed by atoms with E-state index >= 15 is 0 Å². The van der Waals surface area contributed by atoms with Crippen LogP contribution >= 0.6 is 15.9 Å². The van der Waals surface area contributed by atoms with Crippen molar-refractivity contribution in [3.63, 3.8) is 0 Å². The number of hydrogen-bond donors (Lipinski definition) is 1. The first-order chi connectivity index (χ1) is 15.5. The van der Waals surface area contributed by atoms with E-state index in [1.165, 1.54) is 5.56 Å². The van der Waals surface area contributed by atoms with Gasteiger partial charge < -0.3 is 10.1 Å². The Bertz CT molecular complexity index is 1270. The number of aromatic nitrogens is 3. The Morgan fingerprint density at radius 3 is 2.62 bits per heavy atom. The first kappa shape index (κ1) is 22.2. The molecule has 164 valence electrons. The van der Waals surface area contributed by atoms with Crippen molar-refractivity contribution >= 4 is 27.4 Å². The first-order valence-corrected chi connectivity index (χ1v) is 11.3. The SMILES string of the molecule is CCc1ccc2c(-c3cncc(Br)c3)c(C(=O)NCc3ccc(C)cc3)c(COC)nn12. The monoisotopic (exact) mass is 492 g/mol. The van der Waals surface area contributed by atoms with E-state index in [0.717, 1.165) is 38.8 Å². The van der Waals surface area contributed by atoms with E-state index < -0.39 is 0 Å². The zero-order valence-electron chi connectivity index (χ0n) is 18.4. The van der Waals surface area contributed by atoms with Crippen molar-refractivity contribution in [1.29, 1.82) is 0 Å². The summed E-state index contributed by atoms with van der Waals surface area (Å²) in [5, 5.41) is 7.86. The van der Waals surface area contributed by atoms with Crippen LogP contribution in [0.3, 0.4) is 0 Å². The molecule has 0 bridgehead atoms. The number of fused-ring (bicyclic) bond motifs is 1. The minimum Gasteiger partial charge on any atom is -0.378 e. The van der Waals surface area contributed by atoms with Gasteiger partial charge in [-0.1, -0.05) is 36.8 Å². The predicted molar refractivity (Wildman–Crippen MR) is 129 cm³/mol. The van der Waals surface area contributed by atoms with E-state index in [1.807, 2.05) is 53.9 Å². The van der Waals surface area contributed by atoms with Crippen LogP contribution < -0.4 is 5.32 Å². The lowest BCUT2D eigenvalue weighted by molar-refractivity contribution is 0.0945. The second-order valence-corrected chi connectivity index (χ2v) is 8.58. The number of carbonyl (C=O) groups excluding carboxylic acids is 1. The molecule has 3 aromatic heterocycles. The van der Waals surface area contributed by atoms with Crippen molar-refractivity contribution in [1.82, 2.24) is 19.9 Å². The molecule has 0 aliphatic carbocycles. The lowest BCUT2D eigenvalue weighted by Gasteiger charge is -2.17. The number of nitrogens with one attached hydrogen (secondary N) is 1. The molecular formula is C25H25BrN4O2. The van der Waals surface area contributed by atoms with Gasteiger partial charge in [0.25, 0.3) is 5.91 Å². The van der Waals surface area contributed by atoms with Crippen LogP contribution in [0.15, 0.2) is 59.3 Å². The lowest BCUT2D eigenvalue weighted by atomic mass is 9.99. The van der Waals surface area contributed by atoms with E-state index in [1.54, 1.807) is 19.5 Å². The summed E-state index contributed by atoms with van der Waals surface area (Å²) in [5.41, 5.74) is 6.87. The van der Waals surface area contributed by atoms with Crippen molar-refractivity contribution in [2.45, 2.75) is 33.4 Å². The molecule has 32 heavy (non-hydrogen) atoms. The smallest absolute Gasteiger partial charge is 0.254 e. The summed E-state index contributed by atoms with van der Waals surface area (Å²) in [7, 11) is 1.61. The highest BCUT2D eigenvalue weighted by Gasteiger charge is 2.24. The fraction of sp³-hybridized carbons (Fsp3) is 0.240. The average Bonchev–Trinajstić information content (AvgIpc) is 3.20. The van der Waals surface area contributed by atoms with Gasteiger partial charge in [-0.25, -0.2) is 4.52 Å². The van der Waals surface area contributed by atoms with E-state index in [-0.39, 0.29) is 12.5 Å². The Balaban J connectivity index is 1.86. The molecule has 0 spiro atoms. The summed E-state index contributed by atoms with van der Waals surface area (Å²) in [4.78, 5) is 17.9. The van der Waals surface area contributed by atoms with Crippen LogP contribution in [0.2, 0.25) is 0 Å². The molecule has 0 fully saturated rings. The number of benzene rings is 1. The van der Waals surface area contributed by atoms with Gasteiger partial charge >= 0.3 is 0 Å². The maximum Gasteiger partial charge on any atom is 0.254 e. The highest BCUT2D eigenvalue weighted by molar-refractivity contribution is 9.10. The molecule has 1 aromatic carbocycles. The normalized spacial score (nSPS) is 11.1. The molecule has 0 saturated carbocycles. The maximum atomic E-state index is 13.5. The Hall–Kier alpha value is -3.03. The zero-order valence-corrected chi connectivity index (χ0v) is 19.9. The fourth-order valence-corrected chi connectivity index (χ4v) is 4.15. The van der Waals surface area contributed by atoms with E-state index in [9.17, 15) is 4.79 Å². The molecule has 0 radical (unpaired) electrons. The van der Waals surface area contributed by atoms with Crippen molar-refractivity contribution in [3.8, 4) is 11.1 Å². The number of carbonyl (C=O) groups is 1. The van der Waals surface area contributed by atoms with Crippen LogP contribution in [-0.2, 0) is 24.3 Å². The number of methoxy groups -OCH3 is 1. The molecule has 0 aliphatic rings. The lowest BCUT2D eigenvalue weighted by Crippen LogP contribution is -2.26. The number of nitrogens with zero attached hydrogens (tertiary/aromatic N) is 3. The molecule has 0 unspecified atom stereocenters. The third kappa shape index (κ3) is 4.45. The average molecular weight is 493 g/mol. The van der Waals surface area contributed by atoms with Crippen LogP contribution in [-0.4, -0.2) is 27.6 Å². The van der Waals surface area contributed by atoms with Crippen LogP contribution in [0.5, 0.6) is 0 Å². The second-order valence-electron chi connectivity index (χ2n) is 7.67. The summed E-state index contributed by atoms with van der Waals surface area (Å²) in [6.45, 7) is 4.77. The van der Waals surface area contributed by atoms with Gasteiger partial charge in [0, 0.05) is 47.3 Å². The minimum absolute atomic E-state index is 0.193. The Morgan fingerprint density at radius 2 is 1.94 bits per heavy atom. The van der Waals surface area contributed by atoms with Crippen LogP contribution in [0.1, 0.15) is 39.8 Å². The van der Waals surface area contributed by atoms with Gasteiger partial charge in [-0.2, -0.15) is 5.10 Å². The van der Waals surface area contributed by atoms with Crippen molar-refractivity contribution in [2.24, 2.45) is 0 Å². The number of hydrogen-bond acceptors (Lipinski definition) is 4. The molecule has 1 amide bonds. The first-order valence-electron chi connectivity index (χ1n) is 10.5. The van der Waals surface area contributed by atoms with Gasteiger partial charge in [0.1, 0.15) is 5.69 Å². The van der Waals surface area contributed by atoms with Gasteiger partial charge in [0.05, 0.1) is 17.7 Å². The molecule has 1 N–H and O–H groups in total. The standard InChI is InChI=1S/C25H25BrN4O2/c1-4-20-9-10-22-23(18-11-19(26)14-27-13-18)24(21(15-32-3)29-30(20)22)25(31)28-12-17-7-5-16(2)6-8-17/h5-11,13-14H,4,12,15H2,1-3H3,(H,28,31). The van der Waals surface area contributed by atoms with E-state index in [0.29, 0.717) is 17.8 Å². The van der Waals surface area contributed by atoms with Crippen LogP contribution in [0.4, 0.5) is 0 Å². The van der Waals surface area contributed by atoms with Gasteiger partial charge in [-0.05, 0) is 53.0 Å². The summed E-state index contributed by atoms with van der Waals surface area (Å²) >= 11 is 3.51. The number of rotatable bonds is 7. The molecule has 3 heterocycles. The molecule has 4 rings (SSSR count). The van der Waals surface area contributed by atoms with Crippen molar-refractivity contribution < 1.29 is 9.53 Å². The molecule has 7 heteroatoms. The molecule has 0 atom stereocenters. The molecule has 0 aliphatic heterocycles. The Kier molecular flexibility index (Phi) is 6.67. The van der Waals surface area contributed by atoms with Crippen molar-refractivity contribution in [2.75, 3.05) is 7.11 Å². The quantitative estimate of drug-likeness (QED) is 0.389. The topological polar surface area (TPSA) is 68.5 Å². The molecule has 6 nitrogen and oxygen atoms in total. The van der Waals surface area contributed by atoms with E-state index in [4.69, 9.17) is 9.84 Å². The van der Waals surface area contributed by atoms with Crippen LogP contribution in [0.25, 0.3) is 16.6 Å². The number of pyridine rings is 1. The maximum absolute atomic E-state index is 13.5. The summed E-state index contributed by atoms with van der Waals surface area (Å²) in [6.07, 6.45) is 4.32. The predicted octanol–water partition coefficient (Wildman–Crippen LogP) is 5.11. The minimum atomic E-state index is -0.193.